The maximum Gasteiger partial charge on any atom is 0.271 e. The predicted octanol–water partition coefficient (Wildman–Crippen LogP) is 3.50. The summed E-state index contributed by atoms with van der Waals surface area (Å²) in [5, 5.41) is 3.84. The molecule has 1 aromatic heterocycles. The molecule has 2 amide bonds. The fourth-order valence-electron chi connectivity index (χ4n) is 7.43. The van der Waals surface area contributed by atoms with E-state index in [2.05, 4.69) is 10.3 Å². The lowest BCUT2D eigenvalue weighted by molar-refractivity contribution is -0.132. The van der Waals surface area contributed by atoms with E-state index in [0.717, 1.165) is 30.2 Å². The molecule has 37 heavy (non-hydrogen) atoms. The van der Waals surface area contributed by atoms with Crippen LogP contribution < -0.4 is 10.1 Å². The van der Waals surface area contributed by atoms with Gasteiger partial charge >= 0.3 is 0 Å². The molecule has 2 N–H and O–H groups in total. The van der Waals surface area contributed by atoms with Crippen LogP contribution in [0.4, 0.5) is 0 Å². The van der Waals surface area contributed by atoms with Gasteiger partial charge in [0.15, 0.2) is 5.78 Å². The number of likely N-dealkylation sites (tertiary alicyclic amines) is 1. The van der Waals surface area contributed by atoms with Crippen LogP contribution in [0.5, 0.6) is 5.75 Å². The summed E-state index contributed by atoms with van der Waals surface area (Å²) in [6.45, 7) is 2.34. The lowest BCUT2D eigenvalue weighted by Gasteiger charge is -2.29. The second-order valence-electron chi connectivity index (χ2n) is 11.4. The van der Waals surface area contributed by atoms with Gasteiger partial charge in [0.1, 0.15) is 23.3 Å². The number of fused-ring (bicyclic) bond motifs is 4. The van der Waals surface area contributed by atoms with Gasteiger partial charge in [-0.05, 0) is 74.0 Å². The van der Waals surface area contributed by atoms with Crippen molar-refractivity contribution >= 4 is 34.3 Å². The van der Waals surface area contributed by atoms with E-state index in [1.165, 1.54) is 6.42 Å². The third-order valence-electron chi connectivity index (χ3n) is 9.41. The number of amides is 2. The summed E-state index contributed by atoms with van der Waals surface area (Å²) in [5.41, 5.74) is 1.24. The number of carbonyl (C=O) groups excluding carboxylic acids is 4. The molecule has 2 heterocycles. The van der Waals surface area contributed by atoms with Crippen LogP contribution in [0.3, 0.4) is 0 Å². The summed E-state index contributed by atoms with van der Waals surface area (Å²) in [5.74, 6) is 1.86. The highest BCUT2D eigenvalue weighted by Gasteiger charge is 2.62. The molecule has 3 saturated carbocycles. The fraction of sp³-hybridized carbons (Fsp3) is 0.586. The van der Waals surface area contributed by atoms with Gasteiger partial charge in [0, 0.05) is 36.2 Å². The van der Waals surface area contributed by atoms with Crippen molar-refractivity contribution < 1.29 is 23.9 Å². The Morgan fingerprint density at radius 1 is 1.19 bits per heavy atom. The van der Waals surface area contributed by atoms with Crippen molar-refractivity contribution in [3.8, 4) is 5.75 Å². The number of H-pyrrole nitrogens is 1. The van der Waals surface area contributed by atoms with Crippen molar-refractivity contribution in [1.29, 1.82) is 0 Å². The molecule has 1 saturated heterocycles. The molecule has 4 fully saturated rings. The molecular formula is C29H35N3O5. The van der Waals surface area contributed by atoms with Crippen molar-refractivity contribution in [2.75, 3.05) is 13.7 Å². The molecule has 0 spiro atoms. The summed E-state index contributed by atoms with van der Waals surface area (Å²) in [6, 6.07) is 6.13. The van der Waals surface area contributed by atoms with Gasteiger partial charge in [-0.1, -0.05) is 13.0 Å². The Balaban J connectivity index is 1.27. The van der Waals surface area contributed by atoms with E-state index in [1.807, 2.05) is 18.2 Å². The Morgan fingerprint density at radius 2 is 2.00 bits per heavy atom. The molecule has 2 aromatic rings. The molecule has 6 rings (SSSR count). The maximum absolute atomic E-state index is 13.8. The smallest absolute Gasteiger partial charge is 0.271 e. The Bertz CT molecular complexity index is 1270. The fourth-order valence-corrected chi connectivity index (χ4v) is 7.43. The number of benzene rings is 1. The van der Waals surface area contributed by atoms with Crippen molar-refractivity contribution in [1.82, 2.24) is 15.2 Å². The van der Waals surface area contributed by atoms with E-state index in [9.17, 15) is 19.2 Å². The number of rotatable bonds is 8. The van der Waals surface area contributed by atoms with Crippen molar-refractivity contribution in [3.63, 3.8) is 0 Å². The first kappa shape index (κ1) is 24.2. The first-order valence-corrected chi connectivity index (χ1v) is 13.7. The van der Waals surface area contributed by atoms with Gasteiger partial charge in [0.25, 0.3) is 5.91 Å². The number of aromatic nitrogens is 1. The topological polar surface area (TPSA) is 109 Å². The maximum atomic E-state index is 13.8. The molecule has 3 aliphatic carbocycles. The first-order chi connectivity index (χ1) is 17.9. The minimum Gasteiger partial charge on any atom is -0.496 e. The molecule has 8 heteroatoms. The van der Waals surface area contributed by atoms with E-state index in [4.69, 9.17) is 4.74 Å². The summed E-state index contributed by atoms with van der Waals surface area (Å²) in [4.78, 5) is 57.7. The number of methoxy groups -OCH3 is 1. The van der Waals surface area contributed by atoms with Crippen LogP contribution >= 0.6 is 0 Å². The molecular weight excluding hydrogens is 470 g/mol. The third-order valence-corrected chi connectivity index (χ3v) is 9.41. The van der Waals surface area contributed by atoms with Gasteiger partial charge < -0.3 is 19.9 Å². The van der Waals surface area contributed by atoms with Crippen LogP contribution in [0.15, 0.2) is 24.3 Å². The Kier molecular flexibility index (Phi) is 6.08. The molecule has 0 bridgehead atoms. The zero-order chi connectivity index (χ0) is 25.8. The summed E-state index contributed by atoms with van der Waals surface area (Å²) >= 11 is 0. The number of hydrogen-bond acceptors (Lipinski definition) is 5. The number of aromatic amines is 1. The summed E-state index contributed by atoms with van der Waals surface area (Å²) in [7, 11) is 1.60. The quantitative estimate of drug-likeness (QED) is 0.571. The molecule has 0 radical (unpaired) electrons. The zero-order valence-electron chi connectivity index (χ0n) is 21.5. The van der Waals surface area contributed by atoms with Crippen LogP contribution in [0.1, 0.15) is 62.4 Å². The third kappa shape index (κ3) is 4.14. The number of carbonyl (C=O) groups is 4. The number of ketones is 2. The van der Waals surface area contributed by atoms with E-state index in [1.54, 1.807) is 25.0 Å². The minimum atomic E-state index is -0.686. The molecule has 1 aliphatic heterocycles. The molecule has 0 unspecified atom stereocenters. The first-order valence-electron chi connectivity index (χ1n) is 13.7. The number of Topliss-reactive ketones (excluding diaryl/α,β-unsaturated/α-hetero) is 2. The van der Waals surface area contributed by atoms with E-state index in [-0.39, 0.29) is 35.2 Å². The Morgan fingerprint density at radius 3 is 2.73 bits per heavy atom. The average Bonchev–Trinajstić information content (AvgIpc) is 3.25. The molecule has 7 atom stereocenters. The monoisotopic (exact) mass is 505 g/mol. The standard InChI is InChI=1S/C29H35N3O5/c1-3-24(33)22(12-15-6-4-8-25(15)34)31-28(35)27-18-11-16-10-17(16)20(18)14-32(27)29(36)23-13-19-21(30-23)7-5-9-26(19)37-2/h5,7,9,13,15-18,20,22,27,30H,3-4,6,8,10-12,14H2,1-2H3,(H,31,35)/t15-,16-,17-,18-,20+,22-,27-/m0/s1. The number of ether oxygens (including phenoxy) is 1. The highest BCUT2D eigenvalue weighted by Crippen LogP contribution is 2.62. The highest BCUT2D eigenvalue weighted by atomic mass is 16.5. The van der Waals surface area contributed by atoms with E-state index in [0.29, 0.717) is 55.0 Å². The average molecular weight is 506 g/mol. The minimum absolute atomic E-state index is 0.0579. The van der Waals surface area contributed by atoms with Gasteiger partial charge in [0.2, 0.25) is 5.91 Å². The second-order valence-corrected chi connectivity index (χ2v) is 11.4. The van der Waals surface area contributed by atoms with Gasteiger partial charge in [0.05, 0.1) is 13.2 Å². The lowest BCUT2D eigenvalue weighted by atomic mass is 9.88. The highest BCUT2D eigenvalue weighted by molar-refractivity contribution is 6.02. The largest absolute Gasteiger partial charge is 0.496 e. The van der Waals surface area contributed by atoms with Crippen molar-refractivity contribution in [2.45, 2.75) is 64.0 Å². The number of nitrogens with one attached hydrogen (secondary N) is 2. The van der Waals surface area contributed by atoms with Crippen LogP contribution in [-0.2, 0) is 14.4 Å². The van der Waals surface area contributed by atoms with Gasteiger partial charge in [-0.15, -0.1) is 0 Å². The summed E-state index contributed by atoms with van der Waals surface area (Å²) in [6.07, 6.45) is 4.96. The Labute approximate surface area is 216 Å². The lowest BCUT2D eigenvalue weighted by Crippen LogP contribution is -2.53. The molecule has 4 aliphatic rings. The zero-order valence-corrected chi connectivity index (χ0v) is 21.5. The number of hydrogen-bond donors (Lipinski definition) is 2. The van der Waals surface area contributed by atoms with Gasteiger partial charge in [-0.25, -0.2) is 0 Å². The molecule has 8 nitrogen and oxygen atoms in total. The molecule has 1 aromatic carbocycles. The summed E-state index contributed by atoms with van der Waals surface area (Å²) < 4.78 is 5.46. The van der Waals surface area contributed by atoms with Crippen LogP contribution in [0, 0.1) is 29.6 Å². The van der Waals surface area contributed by atoms with Crippen LogP contribution in [0.25, 0.3) is 10.9 Å². The Hall–Kier alpha value is -3.16. The van der Waals surface area contributed by atoms with Crippen molar-refractivity contribution in [3.05, 3.63) is 30.0 Å². The molecule has 196 valence electrons. The van der Waals surface area contributed by atoms with Crippen molar-refractivity contribution in [2.24, 2.45) is 29.6 Å². The normalized spacial score (nSPS) is 30.8. The van der Waals surface area contributed by atoms with E-state index >= 15 is 0 Å². The van der Waals surface area contributed by atoms with E-state index < -0.39 is 12.1 Å². The van der Waals surface area contributed by atoms with Crippen LogP contribution in [-0.4, -0.2) is 59.0 Å². The predicted molar refractivity (Wildman–Crippen MR) is 137 cm³/mol. The number of nitrogens with zero attached hydrogens (tertiary/aromatic N) is 1. The SMILES string of the molecule is CCC(=O)[C@H](C[C@@H]1CCCC1=O)NC(=O)[C@@H]1[C@H]2C[C@@H]3C[C@@H]3[C@H]2CN1C(=O)c1cc2c(OC)cccc2[nH]1. The second kappa shape index (κ2) is 9.30. The van der Waals surface area contributed by atoms with Gasteiger partial charge in [-0.3, -0.25) is 19.2 Å². The van der Waals surface area contributed by atoms with Crippen LogP contribution in [0.2, 0.25) is 0 Å². The van der Waals surface area contributed by atoms with Gasteiger partial charge in [-0.2, -0.15) is 0 Å².